The molecule has 0 aromatic carbocycles. The second-order valence-electron chi connectivity index (χ2n) is 6.92. The molecule has 0 aromatic heterocycles. The second-order valence-corrected chi connectivity index (χ2v) is 6.92. The molecule has 2 saturated heterocycles. The highest BCUT2D eigenvalue weighted by molar-refractivity contribution is 5.84. The molecule has 4 heteroatoms. The first-order chi connectivity index (χ1) is 9.65. The Morgan fingerprint density at radius 1 is 1.40 bits per heavy atom. The van der Waals surface area contributed by atoms with Crippen LogP contribution in [-0.4, -0.2) is 49.2 Å². The molecule has 20 heavy (non-hydrogen) atoms. The number of nitrogens with zero attached hydrogens (tertiary/aromatic N) is 1. The van der Waals surface area contributed by atoms with E-state index in [1.807, 2.05) is 0 Å². The van der Waals surface area contributed by atoms with Crippen molar-refractivity contribution < 1.29 is 9.53 Å². The number of morpholine rings is 1. The fraction of sp³-hybridized carbons (Fsp3) is 0.938. The predicted molar refractivity (Wildman–Crippen MR) is 78.5 cm³/mol. The van der Waals surface area contributed by atoms with E-state index in [0.717, 1.165) is 39.0 Å². The average Bonchev–Trinajstić information content (AvgIpc) is 2.90. The Morgan fingerprint density at radius 2 is 2.25 bits per heavy atom. The number of carbonyl (C=O) groups is 1. The van der Waals surface area contributed by atoms with Crippen molar-refractivity contribution in [3.63, 3.8) is 0 Å². The Balaban J connectivity index is 1.77. The molecular formula is C16H28N2O2. The van der Waals surface area contributed by atoms with E-state index in [-0.39, 0.29) is 17.6 Å². The van der Waals surface area contributed by atoms with Gasteiger partial charge in [0.25, 0.3) is 0 Å². The van der Waals surface area contributed by atoms with Crippen LogP contribution in [0, 0.1) is 11.3 Å². The molecule has 0 bridgehead atoms. The van der Waals surface area contributed by atoms with E-state index in [1.165, 1.54) is 19.3 Å². The molecule has 2 unspecified atom stereocenters. The van der Waals surface area contributed by atoms with Crippen LogP contribution in [0.5, 0.6) is 0 Å². The van der Waals surface area contributed by atoms with Crippen LogP contribution >= 0.6 is 0 Å². The van der Waals surface area contributed by atoms with Gasteiger partial charge in [0, 0.05) is 19.6 Å². The second kappa shape index (κ2) is 5.64. The smallest absolute Gasteiger partial charge is 0.230 e. The fourth-order valence-electron chi connectivity index (χ4n) is 4.42. The van der Waals surface area contributed by atoms with Crippen LogP contribution in [0.25, 0.3) is 0 Å². The van der Waals surface area contributed by atoms with Crippen molar-refractivity contribution in [2.75, 3.05) is 26.2 Å². The SMILES string of the molecule is CCC1CN(C(=O)[C@@]23CCCC[C@H]2CNC3)CC(C)O1. The number of carbonyl (C=O) groups excluding carboxylic acids is 1. The van der Waals surface area contributed by atoms with Crippen molar-refractivity contribution in [2.45, 2.75) is 58.2 Å². The van der Waals surface area contributed by atoms with Crippen molar-refractivity contribution in [3.8, 4) is 0 Å². The molecule has 3 rings (SSSR count). The van der Waals surface area contributed by atoms with E-state index >= 15 is 0 Å². The highest BCUT2D eigenvalue weighted by atomic mass is 16.5. The standard InChI is InChI=1S/C16H28N2O2/c1-3-14-10-18(9-12(2)20-14)15(19)16-7-5-4-6-13(16)8-17-11-16/h12-14,17H,3-11H2,1-2H3/t12?,13-,14?,16+/m0/s1. The van der Waals surface area contributed by atoms with Crippen molar-refractivity contribution >= 4 is 5.91 Å². The summed E-state index contributed by atoms with van der Waals surface area (Å²) >= 11 is 0. The van der Waals surface area contributed by atoms with Gasteiger partial charge in [-0.2, -0.15) is 0 Å². The zero-order valence-electron chi connectivity index (χ0n) is 12.9. The highest BCUT2D eigenvalue weighted by Crippen LogP contribution is 2.45. The third-order valence-electron chi connectivity index (χ3n) is 5.53. The van der Waals surface area contributed by atoms with Gasteiger partial charge in [-0.3, -0.25) is 4.79 Å². The largest absolute Gasteiger partial charge is 0.372 e. The number of hydrogen-bond donors (Lipinski definition) is 1. The van der Waals surface area contributed by atoms with Crippen molar-refractivity contribution in [1.82, 2.24) is 10.2 Å². The molecule has 3 aliphatic rings. The van der Waals surface area contributed by atoms with E-state index < -0.39 is 0 Å². The minimum atomic E-state index is -0.104. The first-order valence-corrected chi connectivity index (χ1v) is 8.31. The molecule has 1 aliphatic carbocycles. The van der Waals surface area contributed by atoms with Gasteiger partial charge in [0.05, 0.1) is 17.6 Å². The normalized spacial score (nSPS) is 41.5. The molecule has 4 nitrogen and oxygen atoms in total. The van der Waals surface area contributed by atoms with Crippen LogP contribution in [-0.2, 0) is 9.53 Å². The quantitative estimate of drug-likeness (QED) is 0.838. The summed E-state index contributed by atoms with van der Waals surface area (Å²) in [6.07, 6.45) is 6.17. The molecule has 0 radical (unpaired) electrons. The van der Waals surface area contributed by atoms with Crippen LogP contribution in [0.4, 0.5) is 0 Å². The Bertz CT molecular complexity index is 373. The van der Waals surface area contributed by atoms with Gasteiger partial charge in [0.1, 0.15) is 0 Å². The number of fused-ring (bicyclic) bond motifs is 1. The van der Waals surface area contributed by atoms with E-state index in [4.69, 9.17) is 4.74 Å². The van der Waals surface area contributed by atoms with Crippen LogP contribution < -0.4 is 5.32 Å². The maximum Gasteiger partial charge on any atom is 0.230 e. The van der Waals surface area contributed by atoms with E-state index in [1.54, 1.807) is 0 Å². The van der Waals surface area contributed by atoms with Crippen LogP contribution in [0.1, 0.15) is 46.0 Å². The highest BCUT2D eigenvalue weighted by Gasteiger charge is 2.52. The lowest BCUT2D eigenvalue weighted by Crippen LogP contribution is -2.56. The Hall–Kier alpha value is -0.610. The van der Waals surface area contributed by atoms with Gasteiger partial charge < -0.3 is 15.0 Å². The lowest BCUT2D eigenvalue weighted by Gasteiger charge is -2.44. The third-order valence-corrected chi connectivity index (χ3v) is 5.53. The van der Waals surface area contributed by atoms with Crippen LogP contribution in [0.3, 0.4) is 0 Å². The number of nitrogens with one attached hydrogen (secondary N) is 1. The topological polar surface area (TPSA) is 41.6 Å². The molecule has 0 spiro atoms. The predicted octanol–water partition coefficient (Wildman–Crippen LogP) is 1.79. The summed E-state index contributed by atoms with van der Waals surface area (Å²) in [5.41, 5.74) is -0.104. The maximum atomic E-state index is 13.2. The summed E-state index contributed by atoms with van der Waals surface area (Å²) in [5.74, 6) is 0.961. The van der Waals surface area contributed by atoms with Gasteiger partial charge in [0.15, 0.2) is 0 Å². The van der Waals surface area contributed by atoms with E-state index in [9.17, 15) is 4.79 Å². The van der Waals surface area contributed by atoms with Gasteiger partial charge >= 0.3 is 0 Å². The maximum absolute atomic E-state index is 13.2. The molecule has 4 atom stereocenters. The molecule has 0 aromatic rings. The molecular weight excluding hydrogens is 252 g/mol. The number of rotatable bonds is 2. The molecule has 1 N–H and O–H groups in total. The van der Waals surface area contributed by atoms with Gasteiger partial charge in [-0.25, -0.2) is 0 Å². The van der Waals surface area contributed by atoms with Gasteiger partial charge in [0.2, 0.25) is 5.91 Å². The number of amides is 1. The first-order valence-electron chi connectivity index (χ1n) is 8.31. The Kier molecular flexibility index (Phi) is 4.04. The summed E-state index contributed by atoms with van der Waals surface area (Å²) < 4.78 is 5.90. The fourth-order valence-corrected chi connectivity index (χ4v) is 4.42. The molecule has 2 aliphatic heterocycles. The summed E-state index contributed by atoms with van der Waals surface area (Å²) in [6, 6.07) is 0. The Morgan fingerprint density at radius 3 is 3.05 bits per heavy atom. The zero-order chi connectivity index (χ0) is 14.2. The summed E-state index contributed by atoms with van der Waals surface area (Å²) in [4.78, 5) is 15.3. The number of hydrogen-bond acceptors (Lipinski definition) is 3. The van der Waals surface area contributed by atoms with Gasteiger partial charge in [-0.15, -0.1) is 0 Å². The lowest BCUT2D eigenvalue weighted by atomic mass is 9.67. The van der Waals surface area contributed by atoms with E-state index in [0.29, 0.717) is 11.8 Å². The van der Waals surface area contributed by atoms with Crippen LogP contribution in [0.2, 0.25) is 0 Å². The van der Waals surface area contributed by atoms with E-state index in [2.05, 4.69) is 24.1 Å². The summed E-state index contributed by atoms with van der Waals surface area (Å²) in [7, 11) is 0. The minimum absolute atomic E-state index is 0.104. The summed E-state index contributed by atoms with van der Waals surface area (Å²) in [6.45, 7) is 7.70. The number of ether oxygens (including phenoxy) is 1. The minimum Gasteiger partial charge on any atom is -0.372 e. The Labute approximate surface area is 122 Å². The van der Waals surface area contributed by atoms with Gasteiger partial charge in [-0.1, -0.05) is 19.8 Å². The zero-order valence-corrected chi connectivity index (χ0v) is 12.9. The van der Waals surface area contributed by atoms with Crippen molar-refractivity contribution in [3.05, 3.63) is 0 Å². The summed E-state index contributed by atoms with van der Waals surface area (Å²) in [5, 5.41) is 3.48. The molecule has 1 saturated carbocycles. The third kappa shape index (κ3) is 2.37. The molecule has 1 amide bonds. The lowest BCUT2D eigenvalue weighted by molar-refractivity contribution is -0.158. The monoisotopic (exact) mass is 280 g/mol. The van der Waals surface area contributed by atoms with Gasteiger partial charge in [-0.05, 0) is 38.6 Å². The average molecular weight is 280 g/mol. The van der Waals surface area contributed by atoms with Crippen molar-refractivity contribution in [2.24, 2.45) is 11.3 Å². The van der Waals surface area contributed by atoms with Crippen LogP contribution in [0.15, 0.2) is 0 Å². The molecule has 2 heterocycles. The molecule has 3 fully saturated rings. The van der Waals surface area contributed by atoms with Crippen molar-refractivity contribution in [1.29, 1.82) is 0 Å². The molecule has 114 valence electrons. The first kappa shape index (κ1) is 14.3.